The van der Waals surface area contributed by atoms with E-state index >= 15 is 0 Å². The fraction of sp³-hybridized carbons (Fsp3) is 0.562. The summed E-state index contributed by atoms with van der Waals surface area (Å²) in [4.78, 5) is 4.75. The van der Waals surface area contributed by atoms with Crippen molar-refractivity contribution in [1.82, 2.24) is 9.55 Å². The van der Waals surface area contributed by atoms with Crippen molar-refractivity contribution in [2.45, 2.75) is 57.9 Å². The third-order valence-corrected chi connectivity index (χ3v) is 4.57. The van der Waals surface area contributed by atoms with Gasteiger partial charge >= 0.3 is 0 Å². The molecule has 2 nitrogen and oxygen atoms in total. The summed E-state index contributed by atoms with van der Waals surface area (Å²) in [6, 6.07) is 6.89. The summed E-state index contributed by atoms with van der Waals surface area (Å²) in [5.74, 6) is 0.993. The van der Waals surface area contributed by atoms with Gasteiger partial charge in [0, 0.05) is 9.61 Å². The zero-order valence-electron chi connectivity index (χ0n) is 12.4. The lowest BCUT2D eigenvalue weighted by Crippen LogP contribution is -2.10. The van der Waals surface area contributed by atoms with Crippen LogP contribution in [0, 0.1) is 3.57 Å². The Bertz CT molecular complexity index is 577. The van der Waals surface area contributed by atoms with E-state index in [0.29, 0.717) is 6.04 Å². The van der Waals surface area contributed by atoms with Crippen LogP contribution in [0.4, 0.5) is 0 Å². The van der Waals surface area contributed by atoms with E-state index in [9.17, 15) is 0 Å². The molecule has 2 aromatic rings. The third-order valence-electron chi connectivity index (χ3n) is 3.70. The normalized spacial score (nSPS) is 14.7. The number of unbranched alkanes of at least 4 members (excludes halogenated alkanes) is 2. The first-order valence-corrected chi connectivity index (χ1v) is 8.87. The van der Waals surface area contributed by atoms with Crippen LogP contribution in [0.3, 0.4) is 0 Å². The molecule has 0 radical (unpaired) electrons. The Hall–Kier alpha value is -0.290. The van der Waals surface area contributed by atoms with Gasteiger partial charge in [0.05, 0.1) is 16.4 Å². The highest BCUT2D eigenvalue weighted by Crippen LogP contribution is 2.30. The van der Waals surface area contributed by atoms with E-state index in [1.165, 1.54) is 34.8 Å². The number of hydrogen-bond donors (Lipinski definition) is 0. The fourth-order valence-electron chi connectivity index (χ4n) is 2.65. The minimum Gasteiger partial charge on any atom is -0.324 e. The van der Waals surface area contributed by atoms with Crippen molar-refractivity contribution >= 4 is 45.2 Å². The third kappa shape index (κ3) is 3.48. The average Bonchev–Trinajstić information content (AvgIpc) is 2.77. The molecule has 0 aliphatic heterocycles. The maximum absolute atomic E-state index is 6.34. The number of fused-ring (bicyclic) bond motifs is 1. The van der Waals surface area contributed by atoms with E-state index in [-0.39, 0.29) is 5.38 Å². The lowest BCUT2D eigenvalue weighted by atomic mass is 10.1. The maximum atomic E-state index is 6.34. The summed E-state index contributed by atoms with van der Waals surface area (Å²) in [5.41, 5.74) is 2.26. The van der Waals surface area contributed by atoms with Gasteiger partial charge in [0.15, 0.2) is 0 Å². The van der Waals surface area contributed by atoms with Gasteiger partial charge in [0.25, 0.3) is 0 Å². The number of rotatable bonds is 6. The summed E-state index contributed by atoms with van der Waals surface area (Å²) in [5, 5.41) is -0.0614. The molecule has 0 saturated heterocycles. The van der Waals surface area contributed by atoms with E-state index in [1.54, 1.807) is 0 Å². The predicted molar refractivity (Wildman–Crippen MR) is 95.6 cm³/mol. The molecule has 0 aliphatic carbocycles. The molecule has 1 aromatic carbocycles. The van der Waals surface area contributed by atoms with Crippen molar-refractivity contribution in [1.29, 1.82) is 0 Å². The van der Waals surface area contributed by atoms with Crippen LogP contribution in [-0.2, 0) is 0 Å². The zero-order chi connectivity index (χ0) is 14.7. The second-order valence-corrected chi connectivity index (χ2v) is 7.33. The summed E-state index contributed by atoms with van der Waals surface area (Å²) < 4.78 is 3.55. The van der Waals surface area contributed by atoms with Crippen LogP contribution in [0.2, 0.25) is 0 Å². The molecule has 0 amide bonds. The molecule has 1 heterocycles. The van der Waals surface area contributed by atoms with Crippen LogP contribution >= 0.6 is 34.2 Å². The van der Waals surface area contributed by atoms with Gasteiger partial charge in [0.1, 0.15) is 5.82 Å². The summed E-state index contributed by atoms with van der Waals surface area (Å²) >= 11 is 8.67. The van der Waals surface area contributed by atoms with Crippen molar-refractivity contribution in [2.24, 2.45) is 0 Å². The number of nitrogens with zero attached hydrogens (tertiary/aromatic N) is 2. The van der Waals surface area contributed by atoms with Gasteiger partial charge in [-0.15, -0.1) is 11.6 Å². The van der Waals surface area contributed by atoms with E-state index in [1.807, 2.05) is 6.92 Å². The predicted octanol–water partition coefficient (Wildman–Crippen LogP) is 6.08. The lowest BCUT2D eigenvalue weighted by molar-refractivity contribution is 0.472. The van der Waals surface area contributed by atoms with Crippen LogP contribution in [0.5, 0.6) is 0 Å². The highest BCUT2D eigenvalue weighted by atomic mass is 127. The highest BCUT2D eigenvalue weighted by Gasteiger charge is 2.18. The van der Waals surface area contributed by atoms with E-state index in [4.69, 9.17) is 16.6 Å². The topological polar surface area (TPSA) is 17.8 Å². The Labute approximate surface area is 140 Å². The van der Waals surface area contributed by atoms with Gasteiger partial charge in [-0.3, -0.25) is 0 Å². The number of aromatic nitrogens is 2. The lowest BCUT2D eigenvalue weighted by Gasteiger charge is -2.18. The van der Waals surface area contributed by atoms with Gasteiger partial charge in [-0.2, -0.15) is 0 Å². The summed E-state index contributed by atoms with van der Waals surface area (Å²) in [7, 11) is 0. The van der Waals surface area contributed by atoms with E-state index < -0.39 is 0 Å². The van der Waals surface area contributed by atoms with Crippen molar-refractivity contribution in [3.63, 3.8) is 0 Å². The minimum absolute atomic E-state index is 0.0614. The Morgan fingerprint density at radius 1 is 1.30 bits per heavy atom. The van der Waals surface area contributed by atoms with Crippen molar-refractivity contribution in [2.75, 3.05) is 0 Å². The Morgan fingerprint density at radius 2 is 2.05 bits per heavy atom. The minimum atomic E-state index is -0.0614. The molecule has 2 atom stereocenters. The van der Waals surface area contributed by atoms with E-state index in [0.717, 1.165) is 11.3 Å². The SMILES string of the molecule is CCCCCC(C)n1c(C(C)Cl)nc2cc(I)ccc21. The van der Waals surface area contributed by atoms with Gasteiger partial charge < -0.3 is 4.57 Å². The van der Waals surface area contributed by atoms with Gasteiger partial charge in [-0.1, -0.05) is 26.2 Å². The Balaban J connectivity index is 2.40. The Morgan fingerprint density at radius 3 is 2.70 bits per heavy atom. The molecular formula is C16H22ClIN2. The number of alkyl halides is 1. The molecule has 0 N–H and O–H groups in total. The maximum Gasteiger partial charge on any atom is 0.127 e. The van der Waals surface area contributed by atoms with Gasteiger partial charge in [0.2, 0.25) is 0 Å². The molecule has 110 valence electrons. The molecule has 2 unspecified atom stereocenters. The molecule has 0 saturated carbocycles. The molecule has 0 spiro atoms. The first-order valence-electron chi connectivity index (χ1n) is 7.36. The Kier molecular flexibility index (Phi) is 5.73. The van der Waals surface area contributed by atoms with Crippen LogP contribution in [0.25, 0.3) is 11.0 Å². The molecule has 4 heteroatoms. The average molecular weight is 405 g/mol. The van der Waals surface area contributed by atoms with Crippen molar-refractivity contribution in [3.8, 4) is 0 Å². The molecular weight excluding hydrogens is 383 g/mol. The highest BCUT2D eigenvalue weighted by molar-refractivity contribution is 14.1. The molecule has 20 heavy (non-hydrogen) atoms. The largest absolute Gasteiger partial charge is 0.324 e. The van der Waals surface area contributed by atoms with Crippen LogP contribution in [-0.4, -0.2) is 9.55 Å². The van der Waals surface area contributed by atoms with Crippen LogP contribution in [0.15, 0.2) is 18.2 Å². The number of halogens is 2. The molecule has 0 bridgehead atoms. The van der Waals surface area contributed by atoms with Crippen molar-refractivity contribution < 1.29 is 0 Å². The fourth-order valence-corrected chi connectivity index (χ4v) is 3.28. The first kappa shape index (κ1) is 16.1. The molecule has 1 aromatic heterocycles. The summed E-state index contributed by atoms with van der Waals surface area (Å²) in [6.45, 7) is 6.52. The second-order valence-electron chi connectivity index (χ2n) is 5.43. The number of imidazole rings is 1. The second kappa shape index (κ2) is 7.12. The quantitative estimate of drug-likeness (QED) is 0.324. The molecule has 2 rings (SSSR count). The monoisotopic (exact) mass is 404 g/mol. The standard InChI is InChI=1S/C16H22ClIN2/c1-4-5-6-7-11(2)20-15-9-8-13(18)10-14(15)19-16(20)12(3)17/h8-12H,4-7H2,1-3H3. The first-order chi connectivity index (χ1) is 9.54. The molecule has 0 aliphatic rings. The van der Waals surface area contributed by atoms with Crippen molar-refractivity contribution in [3.05, 3.63) is 27.6 Å². The van der Waals surface area contributed by atoms with Crippen LogP contribution in [0.1, 0.15) is 63.7 Å². The molecule has 0 fully saturated rings. The van der Waals surface area contributed by atoms with Gasteiger partial charge in [-0.25, -0.2) is 4.98 Å². The van der Waals surface area contributed by atoms with E-state index in [2.05, 4.69) is 59.2 Å². The number of hydrogen-bond acceptors (Lipinski definition) is 1. The smallest absolute Gasteiger partial charge is 0.127 e. The number of benzene rings is 1. The zero-order valence-corrected chi connectivity index (χ0v) is 15.3. The van der Waals surface area contributed by atoms with Crippen LogP contribution < -0.4 is 0 Å². The van der Waals surface area contributed by atoms with Gasteiger partial charge in [-0.05, 0) is 61.1 Å². The summed E-state index contributed by atoms with van der Waals surface area (Å²) in [6.07, 6.45) is 4.99.